The zero-order chi connectivity index (χ0) is 19.1. The quantitative estimate of drug-likeness (QED) is 0.789. The van der Waals surface area contributed by atoms with Gasteiger partial charge in [-0.25, -0.2) is 4.39 Å². The van der Waals surface area contributed by atoms with Crippen LogP contribution in [0.1, 0.15) is 34.6 Å². The molecule has 0 saturated heterocycles. The molecule has 0 fully saturated rings. The molecule has 0 bridgehead atoms. The minimum absolute atomic E-state index is 0.0427. The predicted molar refractivity (Wildman–Crippen MR) is 104 cm³/mol. The highest BCUT2D eigenvalue weighted by Gasteiger charge is 2.14. The standard InChI is InChI=1S/C19H20FN3O2S/c1-3-23(4-2)18(25)13-9-11-14(12-10-13)21-19(26)22-17(24)15-7-5-6-8-16(15)20/h5-12H,3-4H2,1-2H3,(H2,21,22,24,26). The number of nitrogens with zero attached hydrogens (tertiary/aromatic N) is 1. The summed E-state index contributed by atoms with van der Waals surface area (Å²) in [6, 6.07) is 12.4. The second-order valence-electron chi connectivity index (χ2n) is 5.44. The van der Waals surface area contributed by atoms with Crippen molar-refractivity contribution in [3.8, 4) is 0 Å². The van der Waals surface area contributed by atoms with Crippen molar-refractivity contribution < 1.29 is 14.0 Å². The fraction of sp³-hybridized carbons (Fsp3) is 0.211. The zero-order valence-electron chi connectivity index (χ0n) is 14.6. The molecule has 7 heteroatoms. The number of benzene rings is 2. The maximum absolute atomic E-state index is 13.6. The number of hydrogen-bond acceptors (Lipinski definition) is 3. The van der Waals surface area contributed by atoms with Gasteiger partial charge in [-0.05, 0) is 62.5 Å². The van der Waals surface area contributed by atoms with E-state index in [-0.39, 0.29) is 16.6 Å². The molecule has 26 heavy (non-hydrogen) atoms. The summed E-state index contributed by atoms with van der Waals surface area (Å²) in [4.78, 5) is 26.0. The molecule has 136 valence electrons. The first-order valence-corrected chi connectivity index (χ1v) is 8.63. The number of anilines is 1. The zero-order valence-corrected chi connectivity index (χ0v) is 15.4. The lowest BCUT2D eigenvalue weighted by molar-refractivity contribution is 0.0772. The van der Waals surface area contributed by atoms with Gasteiger partial charge in [-0.1, -0.05) is 12.1 Å². The Morgan fingerprint density at radius 3 is 2.23 bits per heavy atom. The number of amides is 2. The van der Waals surface area contributed by atoms with Gasteiger partial charge in [-0.3, -0.25) is 14.9 Å². The van der Waals surface area contributed by atoms with E-state index in [0.717, 1.165) is 0 Å². The van der Waals surface area contributed by atoms with Gasteiger partial charge in [-0.15, -0.1) is 0 Å². The molecular weight excluding hydrogens is 353 g/mol. The predicted octanol–water partition coefficient (Wildman–Crippen LogP) is 3.43. The Morgan fingerprint density at radius 1 is 1.04 bits per heavy atom. The van der Waals surface area contributed by atoms with Crippen molar-refractivity contribution >= 4 is 34.8 Å². The van der Waals surface area contributed by atoms with E-state index in [1.54, 1.807) is 35.2 Å². The van der Waals surface area contributed by atoms with Crippen molar-refractivity contribution in [1.29, 1.82) is 0 Å². The average Bonchev–Trinajstić information content (AvgIpc) is 2.63. The van der Waals surface area contributed by atoms with Crippen LogP contribution in [0.25, 0.3) is 0 Å². The van der Waals surface area contributed by atoms with Gasteiger partial charge in [0.25, 0.3) is 11.8 Å². The fourth-order valence-electron chi connectivity index (χ4n) is 2.37. The Labute approximate surface area is 157 Å². The molecule has 0 aliphatic carbocycles. The smallest absolute Gasteiger partial charge is 0.260 e. The molecule has 2 aromatic rings. The van der Waals surface area contributed by atoms with Crippen molar-refractivity contribution in [2.45, 2.75) is 13.8 Å². The van der Waals surface area contributed by atoms with Crippen LogP contribution in [0.4, 0.5) is 10.1 Å². The number of halogens is 1. The first-order chi connectivity index (χ1) is 12.5. The molecule has 5 nitrogen and oxygen atoms in total. The molecular formula is C19H20FN3O2S. The third-order valence-electron chi connectivity index (χ3n) is 3.79. The molecule has 0 saturated carbocycles. The summed E-state index contributed by atoms with van der Waals surface area (Å²) >= 11 is 5.08. The summed E-state index contributed by atoms with van der Waals surface area (Å²) in [5, 5.41) is 5.31. The van der Waals surface area contributed by atoms with E-state index in [4.69, 9.17) is 12.2 Å². The Balaban J connectivity index is 1.98. The summed E-state index contributed by atoms with van der Waals surface area (Å²) in [7, 11) is 0. The van der Waals surface area contributed by atoms with E-state index in [1.807, 2.05) is 13.8 Å². The van der Waals surface area contributed by atoms with Crippen LogP contribution in [-0.2, 0) is 0 Å². The Bertz CT molecular complexity index is 805. The van der Waals surface area contributed by atoms with Crippen molar-refractivity contribution in [2.24, 2.45) is 0 Å². The largest absolute Gasteiger partial charge is 0.339 e. The first-order valence-electron chi connectivity index (χ1n) is 8.22. The molecule has 0 spiro atoms. The minimum atomic E-state index is -0.631. The molecule has 2 rings (SSSR count). The van der Waals surface area contributed by atoms with E-state index < -0.39 is 11.7 Å². The van der Waals surface area contributed by atoms with E-state index in [1.165, 1.54) is 18.2 Å². The van der Waals surface area contributed by atoms with Crippen LogP contribution in [0.3, 0.4) is 0 Å². The number of thiocarbonyl (C=S) groups is 1. The van der Waals surface area contributed by atoms with Crippen LogP contribution in [0, 0.1) is 5.82 Å². The summed E-state index contributed by atoms with van der Waals surface area (Å²) in [5.41, 5.74) is 1.09. The van der Waals surface area contributed by atoms with Crippen LogP contribution >= 0.6 is 12.2 Å². The average molecular weight is 373 g/mol. The van der Waals surface area contributed by atoms with Gasteiger partial charge in [0.05, 0.1) is 5.56 Å². The van der Waals surface area contributed by atoms with Crippen LogP contribution in [-0.4, -0.2) is 34.9 Å². The molecule has 0 heterocycles. The Kier molecular flexibility index (Phi) is 6.80. The molecule has 0 radical (unpaired) electrons. The third-order valence-corrected chi connectivity index (χ3v) is 3.99. The topological polar surface area (TPSA) is 61.4 Å². The van der Waals surface area contributed by atoms with Gasteiger partial charge in [-0.2, -0.15) is 0 Å². The highest BCUT2D eigenvalue weighted by molar-refractivity contribution is 7.80. The molecule has 2 N–H and O–H groups in total. The molecule has 0 unspecified atom stereocenters. The maximum Gasteiger partial charge on any atom is 0.260 e. The lowest BCUT2D eigenvalue weighted by Gasteiger charge is -2.18. The SMILES string of the molecule is CCN(CC)C(=O)c1ccc(NC(=S)NC(=O)c2ccccc2F)cc1. The van der Waals surface area contributed by atoms with Gasteiger partial charge in [0.1, 0.15) is 5.82 Å². The third kappa shape index (κ3) is 4.86. The van der Waals surface area contributed by atoms with E-state index in [0.29, 0.717) is 24.3 Å². The van der Waals surface area contributed by atoms with Gasteiger partial charge in [0, 0.05) is 24.3 Å². The van der Waals surface area contributed by atoms with E-state index in [9.17, 15) is 14.0 Å². The van der Waals surface area contributed by atoms with E-state index in [2.05, 4.69) is 10.6 Å². The highest BCUT2D eigenvalue weighted by atomic mass is 32.1. The number of rotatable bonds is 5. The Hall–Kier alpha value is -2.80. The molecule has 0 aliphatic rings. The minimum Gasteiger partial charge on any atom is -0.339 e. The molecule has 0 atom stereocenters. The van der Waals surface area contributed by atoms with Crippen LogP contribution < -0.4 is 10.6 Å². The fourth-order valence-corrected chi connectivity index (χ4v) is 2.58. The molecule has 2 amide bonds. The van der Waals surface area contributed by atoms with Crippen molar-refractivity contribution in [1.82, 2.24) is 10.2 Å². The summed E-state index contributed by atoms with van der Waals surface area (Å²) < 4.78 is 13.6. The van der Waals surface area contributed by atoms with Gasteiger partial charge < -0.3 is 10.2 Å². The van der Waals surface area contributed by atoms with Gasteiger partial charge in [0.15, 0.2) is 5.11 Å². The van der Waals surface area contributed by atoms with Crippen molar-refractivity contribution in [3.63, 3.8) is 0 Å². The number of nitrogens with one attached hydrogen (secondary N) is 2. The van der Waals surface area contributed by atoms with Crippen LogP contribution in [0.5, 0.6) is 0 Å². The lowest BCUT2D eigenvalue weighted by Crippen LogP contribution is -2.34. The maximum atomic E-state index is 13.6. The Morgan fingerprint density at radius 2 is 1.65 bits per heavy atom. The summed E-state index contributed by atoms with van der Waals surface area (Å²) in [5.74, 6) is -1.29. The first kappa shape index (κ1) is 19.5. The number of carbonyl (C=O) groups is 2. The van der Waals surface area contributed by atoms with Crippen molar-refractivity contribution in [3.05, 3.63) is 65.5 Å². The number of hydrogen-bond donors (Lipinski definition) is 2. The van der Waals surface area contributed by atoms with Gasteiger partial charge >= 0.3 is 0 Å². The summed E-state index contributed by atoms with van der Waals surface area (Å²) in [6.45, 7) is 5.13. The second kappa shape index (κ2) is 9.05. The van der Waals surface area contributed by atoms with E-state index >= 15 is 0 Å². The van der Waals surface area contributed by atoms with Crippen LogP contribution in [0.2, 0.25) is 0 Å². The van der Waals surface area contributed by atoms with Crippen LogP contribution in [0.15, 0.2) is 48.5 Å². The normalized spacial score (nSPS) is 10.1. The second-order valence-corrected chi connectivity index (χ2v) is 5.85. The summed E-state index contributed by atoms with van der Waals surface area (Å²) in [6.07, 6.45) is 0. The lowest BCUT2D eigenvalue weighted by atomic mass is 10.2. The van der Waals surface area contributed by atoms with Crippen molar-refractivity contribution in [2.75, 3.05) is 18.4 Å². The monoisotopic (exact) mass is 373 g/mol. The van der Waals surface area contributed by atoms with Gasteiger partial charge in [0.2, 0.25) is 0 Å². The highest BCUT2D eigenvalue weighted by Crippen LogP contribution is 2.12. The molecule has 0 aromatic heterocycles. The number of carbonyl (C=O) groups excluding carboxylic acids is 2. The molecule has 2 aromatic carbocycles. The molecule has 0 aliphatic heterocycles.